The molecule has 106 valence electrons. The summed E-state index contributed by atoms with van der Waals surface area (Å²) in [6.07, 6.45) is -0.713. The van der Waals surface area contributed by atoms with Crippen LogP contribution in [0.4, 0.5) is 8.78 Å². The molecular formula is C15H20ClF2N. The zero-order valence-corrected chi connectivity index (χ0v) is 12.0. The first-order valence-electron chi connectivity index (χ1n) is 6.82. The lowest BCUT2D eigenvalue weighted by Gasteiger charge is -2.42. The molecule has 1 aromatic rings. The Hall–Kier alpha value is -0.670. The highest BCUT2D eigenvalue weighted by atomic mass is 35.5. The normalized spacial score (nSPS) is 19.8. The van der Waals surface area contributed by atoms with E-state index in [1.807, 2.05) is 12.1 Å². The standard InChI is InChI=1S/C15H20ClF2N/c1-2-19-9-7-15(8-10-19,11-14(17)18)12-3-5-13(16)6-4-12/h3-6,14H,2,7-11H2,1H3. The Kier molecular flexibility index (Phi) is 4.80. The van der Waals surface area contributed by atoms with Gasteiger partial charge in [-0.25, -0.2) is 8.78 Å². The highest BCUT2D eigenvalue weighted by molar-refractivity contribution is 6.30. The number of hydrogen-bond donors (Lipinski definition) is 0. The fourth-order valence-electron chi connectivity index (χ4n) is 3.01. The number of alkyl halides is 2. The average molecular weight is 288 g/mol. The van der Waals surface area contributed by atoms with Gasteiger partial charge in [0, 0.05) is 16.9 Å². The molecule has 1 fully saturated rings. The topological polar surface area (TPSA) is 3.24 Å². The first kappa shape index (κ1) is 14.7. The summed E-state index contributed by atoms with van der Waals surface area (Å²) < 4.78 is 25.9. The van der Waals surface area contributed by atoms with Gasteiger partial charge in [-0.3, -0.25) is 0 Å². The number of nitrogens with zero attached hydrogens (tertiary/aromatic N) is 1. The number of halogens is 3. The summed E-state index contributed by atoms with van der Waals surface area (Å²) >= 11 is 5.89. The number of hydrogen-bond acceptors (Lipinski definition) is 1. The summed E-state index contributed by atoms with van der Waals surface area (Å²) in [6.45, 7) is 4.89. The largest absolute Gasteiger partial charge is 0.304 e. The van der Waals surface area contributed by atoms with Gasteiger partial charge in [-0.1, -0.05) is 30.7 Å². The van der Waals surface area contributed by atoms with Crippen molar-refractivity contribution in [2.45, 2.75) is 38.0 Å². The molecule has 0 radical (unpaired) electrons. The van der Waals surface area contributed by atoms with E-state index in [2.05, 4.69) is 11.8 Å². The van der Waals surface area contributed by atoms with Crippen molar-refractivity contribution in [3.05, 3.63) is 34.9 Å². The molecule has 2 rings (SSSR count). The SMILES string of the molecule is CCN1CCC(CC(F)F)(c2ccc(Cl)cc2)CC1. The van der Waals surface area contributed by atoms with Crippen LogP contribution in [-0.4, -0.2) is 31.0 Å². The number of likely N-dealkylation sites (tertiary alicyclic amines) is 1. The molecule has 0 N–H and O–H groups in total. The maximum absolute atomic E-state index is 13.0. The van der Waals surface area contributed by atoms with Crippen molar-refractivity contribution in [1.82, 2.24) is 4.90 Å². The van der Waals surface area contributed by atoms with Crippen LogP contribution in [0.15, 0.2) is 24.3 Å². The third-order valence-electron chi connectivity index (χ3n) is 4.26. The van der Waals surface area contributed by atoms with Gasteiger partial charge in [-0.15, -0.1) is 0 Å². The van der Waals surface area contributed by atoms with Gasteiger partial charge in [0.15, 0.2) is 0 Å². The maximum Gasteiger partial charge on any atom is 0.239 e. The van der Waals surface area contributed by atoms with Crippen molar-refractivity contribution >= 4 is 11.6 Å². The minimum Gasteiger partial charge on any atom is -0.304 e. The van der Waals surface area contributed by atoms with E-state index in [1.165, 1.54) is 0 Å². The first-order valence-corrected chi connectivity index (χ1v) is 7.20. The third kappa shape index (κ3) is 3.46. The van der Waals surface area contributed by atoms with E-state index in [0.29, 0.717) is 5.02 Å². The lowest BCUT2D eigenvalue weighted by Crippen LogP contribution is -2.43. The number of benzene rings is 1. The monoisotopic (exact) mass is 287 g/mol. The Bertz CT molecular complexity index is 397. The molecule has 1 aliphatic rings. The number of rotatable bonds is 4. The van der Waals surface area contributed by atoms with Crippen molar-refractivity contribution in [2.75, 3.05) is 19.6 Å². The van der Waals surface area contributed by atoms with Crippen molar-refractivity contribution in [3.63, 3.8) is 0 Å². The van der Waals surface area contributed by atoms with E-state index in [1.54, 1.807) is 12.1 Å². The van der Waals surface area contributed by atoms with E-state index >= 15 is 0 Å². The molecule has 0 atom stereocenters. The highest BCUT2D eigenvalue weighted by Gasteiger charge is 2.38. The molecule has 0 bridgehead atoms. The highest BCUT2D eigenvalue weighted by Crippen LogP contribution is 2.40. The molecule has 0 spiro atoms. The summed E-state index contributed by atoms with van der Waals surface area (Å²) in [6, 6.07) is 7.42. The molecule has 0 aromatic heterocycles. The van der Waals surface area contributed by atoms with Crippen LogP contribution in [0.1, 0.15) is 31.7 Å². The van der Waals surface area contributed by atoms with Crippen LogP contribution in [0.3, 0.4) is 0 Å². The molecule has 0 aliphatic carbocycles. The summed E-state index contributed by atoms with van der Waals surface area (Å²) in [5, 5.41) is 0.655. The lowest BCUT2D eigenvalue weighted by atomic mass is 9.70. The smallest absolute Gasteiger partial charge is 0.239 e. The van der Waals surface area contributed by atoms with E-state index < -0.39 is 6.43 Å². The van der Waals surface area contributed by atoms with Crippen LogP contribution < -0.4 is 0 Å². The molecule has 0 saturated carbocycles. The zero-order valence-electron chi connectivity index (χ0n) is 11.2. The maximum atomic E-state index is 13.0. The fraction of sp³-hybridized carbons (Fsp3) is 0.600. The number of piperidine rings is 1. The van der Waals surface area contributed by atoms with E-state index in [0.717, 1.165) is 38.0 Å². The van der Waals surface area contributed by atoms with Crippen LogP contribution in [0.5, 0.6) is 0 Å². The van der Waals surface area contributed by atoms with Gasteiger partial charge >= 0.3 is 0 Å². The van der Waals surface area contributed by atoms with Gasteiger partial charge in [-0.05, 0) is 50.2 Å². The second-order valence-electron chi connectivity index (χ2n) is 5.32. The van der Waals surface area contributed by atoms with Crippen LogP contribution >= 0.6 is 11.6 Å². The molecule has 1 aliphatic heterocycles. The van der Waals surface area contributed by atoms with Crippen molar-refractivity contribution in [2.24, 2.45) is 0 Å². The zero-order chi connectivity index (χ0) is 13.9. The lowest BCUT2D eigenvalue weighted by molar-refractivity contribution is 0.0688. The molecule has 4 heteroatoms. The van der Waals surface area contributed by atoms with Gasteiger partial charge in [0.25, 0.3) is 0 Å². The first-order chi connectivity index (χ1) is 9.05. The molecule has 1 saturated heterocycles. The summed E-state index contributed by atoms with van der Waals surface area (Å²) in [5.74, 6) is 0. The predicted molar refractivity (Wildman–Crippen MR) is 75.1 cm³/mol. The van der Waals surface area contributed by atoms with E-state index in [9.17, 15) is 8.78 Å². The summed E-state index contributed by atoms with van der Waals surface area (Å²) in [7, 11) is 0. The second kappa shape index (κ2) is 6.19. The Morgan fingerprint density at radius 2 is 1.79 bits per heavy atom. The van der Waals surface area contributed by atoms with Gasteiger partial charge < -0.3 is 4.90 Å². The quantitative estimate of drug-likeness (QED) is 0.796. The molecule has 1 heterocycles. The molecule has 1 nitrogen and oxygen atoms in total. The average Bonchev–Trinajstić information content (AvgIpc) is 2.39. The molecule has 0 unspecified atom stereocenters. The Morgan fingerprint density at radius 1 is 1.21 bits per heavy atom. The summed E-state index contributed by atoms with van der Waals surface area (Å²) in [4.78, 5) is 2.32. The Morgan fingerprint density at radius 3 is 2.26 bits per heavy atom. The van der Waals surface area contributed by atoms with Crippen molar-refractivity contribution in [1.29, 1.82) is 0 Å². The molecular weight excluding hydrogens is 268 g/mol. The van der Waals surface area contributed by atoms with Gasteiger partial charge in [-0.2, -0.15) is 0 Å². The predicted octanol–water partition coefficient (Wildman–Crippen LogP) is 4.35. The fourth-order valence-corrected chi connectivity index (χ4v) is 3.13. The third-order valence-corrected chi connectivity index (χ3v) is 4.51. The molecule has 1 aromatic carbocycles. The van der Waals surface area contributed by atoms with E-state index in [-0.39, 0.29) is 11.8 Å². The van der Waals surface area contributed by atoms with Crippen molar-refractivity contribution in [3.8, 4) is 0 Å². The molecule has 19 heavy (non-hydrogen) atoms. The Labute approximate surface area is 118 Å². The van der Waals surface area contributed by atoms with Gasteiger partial charge in [0.1, 0.15) is 0 Å². The van der Waals surface area contributed by atoms with Crippen molar-refractivity contribution < 1.29 is 8.78 Å². The second-order valence-corrected chi connectivity index (χ2v) is 5.75. The Balaban J connectivity index is 2.23. The minimum absolute atomic E-state index is 0.0494. The summed E-state index contributed by atoms with van der Waals surface area (Å²) in [5.41, 5.74) is 0.623. The van der Waals surface area contributed by atoms with Gasteiger partial charge in [0.05, 0.1) is 0 Å². The van der Waals surface area contributed by atoms with Crippen LogP contribution in [0, 0.1) is 0 Å². The minimum atomic E-state index is -2.26. The van der Waals surface area contributed by atoms with Crippen LogP contribution in [0.25, 0.3) is 0 Å². The van der Waals surface area contributed by atoms with Crippen LogP contribution in [-0.2, 0) is 5.41 Å². The van der Waals surface area contributed by atoms with Crippen LogP contribution in [0.2, 0.25) is 5.02 Å². The van der Waals surface area contributed by atoms with E-state index in [4.69, 9.17) is 11.6 Å². The molecule has 0 amide bonds. The van der Waals surface area contributed by atoms with Gasteiger partial charge in [0.2, 0.25) is 6.43 Å².